The summed E-state index contributed by atoms with van der Waals surface area (Å²) in [6.07, 6.45) is 2.07. The Hall–Kier alpha value is -2.70. The minimum Gasteiger partial charge on any atom is -0.493 e. The molecule has 0 unspecified atom stereocenters. The monoisotopic (exact) mass is 379 g/mol. The van der Waals surface area contributed by atoms with Crippen LogP contribution < -0.4 is 10.3 Å². The largest absolute Gasteiger partial charge is 0.493 e. The Morgan fingerprint density at radius 3 is 2.71 bits per heavy atom. The fourth-order valence-electron chi connectivity index (χ4n) is 3.45. The molecule has 2 aromatic carbocycles. The Morgan fingerprint density at radius 1 is 1.04 bits per heavy atom. The van der Waals surface area contributed by atoms with Crippen molar-refractivity contribution >= 4 is 10.9 Å². The summed E-state index contributed by atoms with van der Waals surface area (Å²) in [5.41, 5.74) is 1.35. The van der Waals surface area contributed by atoms with Gasteiger partial charge in [-0.25, -0.2) is 4.98 Å². The molecular formula is C22H25N3O3. The first kappa shape index (κ1) is 18.7. The number of nitrogens with one attached hydrogen (secondary N) is 1. The van der Waals surface area contributed by atoms with Gasteiger partial charge in [0, 0.05) is 13.1 Å². The summed E-state index contributed by atoms with van der Waals surface area (Å²) in [6.45, 7) is 5.42. The number of aromatic nitrogens is 2. The van der Waals surface area contributed by atoms with Gasteiger partial charge in [-0.05, 0) is 43.7 Å². The van der Waals surface area contributed by atoms with Crippen LogP contribution in [0.2, 0.25) is 0 Å². The van der Waals surface area contributed by atoms with Gasteiger partial charge in [-0.3, -0.25) is 9.69 Å². The smallest absolute Gasteiger partial charge is 0.259 e. The normalized spacial score (nSPS) is 15.0. The zero-order valence-electron chi connectivity index (χ0n) is 15.9. The molecule has 1 aromatic heterocycles. The highest BCUT2D eigenvalue weighted by Gasteiger charge is 2.12. The summed E-state index contributed by atoms with van der Waals surface area (Å²) >= 11 is 0. The molecule has 0 radical (unpaired) electrons. The predicted molar refractivity (Wildman–Crippen MR) is 110 cm³/mol. The quantitative estimate of drug-likeness (QED) is 0.639. The topological polar surface area (TPSA) is 67.5 Å². The van der Waals surface area contributed by atoms with Crippen LogP contribution in [0.4, 0.5) is 0 Å². The van der Waals surface area contributed by atoms with Crippen LogP contribution in [0.15, 0.2) is 53.3 Å². The minimum absolute atomic E-state index is 0.138. The van der Waals surface area contributed by atoms with Crippen molar-refractivity contribution < 1.29 is 9.47 Å². The highest BCUT2D eigenvalue weighted by atomic mass is 16.5. The SMILES string of the molecule is O=c1[nH]c(-c2ccccc2OCCCCN2CCOCC2)nc2ccccc12. The highest BCUT2D eigenvalue weighted by molar-refractivity contribution is 5.80. The fourth-order valence-corrected chi connectivity index (χ4v) is 3.45. The predicted octanol–water partition coefficient (Wildman–Crippen LogP) is 3.08. The number of unbranched alkanes of at least 4 members (excludes halogenated alkanes) is 1. The number of fused-ring (bicyclic) bond motifs is 1. The first-order valence-corrected chi connectivity index (χ1v) is 9.82. The van der Waals surface area contributed by atoms with Gasteiger partial charge >= 0.3 is 0 Å². The van der Waals surface area contributed by atoms with E-state index in [1.54, 1.807) is 6.07 Å². The van der Waals surface area contributed by atoms with E-state index >= 15 is 0 Å². The van der Waals surface area contributed by atoms with E-state index in [1.165, 1.54) is 0 Å². The molecule has 1 saturated heterocycles. The maximum absolute atomic E-state index is 12.4. The average molecular weight is 379 g/mol. The van der Waals surface area contributed by atoms with Crippen molar-refractivity contribution in [1.82, 2.24) is 14.9 Å². The van der Waals surface area contributed by atoms with Gasteiger partial charge in [-0.1, -0.05) is 24.3 Å². The zero-order chi connectivity index (χ0) is 19.2. The summed E-state index contributed by atoms with van der Waals surface area (Å²) in [7, 11) is 0. The number of hydrogen-bond donors (Lipinski definition) is 1. The third-order valence-electron chi connectivity index (χ3n) is 4.98. The lowest BCUT2D eigenvalue weighted by Gasteiger charge is -2.26. The number of aromatic amines is 1. The van der Waals surface area contributed by atoms with Gasteiger partial charge < -0.3 is 14.5 Å². The van der Waals surface area contributed by atoms with Crippen LogP contribution >= 0.6 is 0 Å². The molecular weight excluding hydrogens is 354 g/mol. The molecule has 0 amide bonds. The zero-order valence-corrected chi connectivity index (χ0v) is 15.9. The maximum atomic E-state index is 12.4. The van der Waals surface area contributed by atoms with Gasteiger partial charge in [0.05, 0.1) is 36.3 Å². The van der Waals surface area contributed by atoms with Crippen LogP contribution in [0.3, 0.4) is 0 Å². The minimum atomic E-state index is -0.138. The number of benzene rings is 2. The third-order valence-corrected chi connectivity index (χ3v) is 4.98. The van der Waals surface area contributed by atoms with E-state index in [9.17, 15) is 4.79 Å². The maximum Gasteiger partial charge on any atom is 0.259 e. The lowest BCUT2D eigenvalue weighted by molar-refractivity contribution is 0.0368. The van der Waals surface area contributed by atoms with Crippen molar-refractivity contribution in [3.63, 3.8) is 0 Å². The van der Waals surface area contributed by atoms with E-state index in [2.05, 4.69) is 14.9 Å². The van der Waals surface area contributed by atoms with Crippen molar-refractivity contribution in [2.75, 3.05) is 39.5 Å². The van der Waals surface area contributed by atoms with Gasteiger partial charge in [-0.15, -0.1) is 0 Å². The molecule has 0 spiro atoms. The summed E-state index contributed by atoms with van der Waals surface area (Å²) in [6, 6.07) is 15.1. The molecule has 1 aliphatic rings. The number of rotatable bonds is 7. The molecule has 4 rings (SSSR count). The van der Waals surface area contributed by atoms with Crippen molar-refractivity contribution in [3.8, 4) is 17.1 Å². The summed E-state index contributed by atoms with van der Waals surface area (Å²) in [5, 5.41) is 0.591. The number of morpholine rings is 1. The Bertz CT molecular complexity index is 980. The Kier molecular flexibility index (Phi) is 5.99. The highest BCUT2D eigenvalue weighted by Crippen LogP contribution is 2.27. The summed E-state index contributed by atoms with van der Waals surface area (Å²) < 4.78 is 11.4. The molecule has 2 heterocycles. The lowest BCUT2D eigenvalue weighted by Crippen LogP contribution is -2.36. The van der Waals surface area contributed by atoms with Gasteiger partial charge in [0.25, 0.3) is 5.56 Å². The van der Waals surface area contributed by atoms with Crippen LogP contribution in [-0.2, 0) is 4.74 Å². The number of hydrogen-bond acceptors (Lipinski definition) is 5. The van der Waals surface area contributed by atoms with E-state index in [0.717, 1.165) is 57.0 Å². The number of ether oxygens (including phenoxy) is 2. The van der Waals surface area contributed by atoms with Gasteiger partial charge in [0.2, 0.25) is 0 Å². The molecule has 0 atom stereocenters. The van der Waals surface area contributed by atoms with Crippen molar-refractivity contribution in [3.05, 3.63) is 58.9 Å². The fraction of sp³-hybridized carbons (Fsp3) is 0.364. The van der Waals surface area contributed by atoms with Gasteiger partial charge in [0.15, 0.2) is 0 Å². The molecule has 6 nitrogen and oxygen atoms in total. The molecule has 1 N–H and O–H groups in total. The Labute approximate surface area is 164 Å². The standard InChI is InChI=1S/C22H25N3O3/c26-22-17-7-1-3-9-19(17)23-21(24-22)18-8-2-4-10-20(18)28-14-6-5-11-25-12-15-27-16-13-25/h1-4,7-10H,5-6,11-16H2,(H,23,24,26). The van der Waals surface area contributed by atoms with Crippen LogP contribution in [0, 0.1) is 0 Å². The van der Waals surface area contributed by atoms with Gasteiger partial charge in [-0.2, -0.15) is 0 Å². The van der Waals surface area contributed by atoms with E-state index in [-0.39, 0.29) is 5.56 Å². The molecule has 6 heteroatoms. The van der Waals surface area contributed by atoms with Crippen LogP contribution in [-0.4, -0.2) is 54.3 Å². The van der Waals surface area contributed by atoms with Crippen molar-refractivity contribution in [1.29, 1.82) is 0 Å². The molecule has 3 aromatic rings. The molecule has 28 heavy (non-hydrogen) atoms. The third kappa shape index (κ3) is 4.40. The van der Waals surface area contributed by atoms with Crippen LogP contribution in [0.25, 0.3) is 22.3 Å². The van der Waals surface area contributed by atoms with Gasteiger partial charge in [0.1, 0.15) is 11.6 Å². The first-order chi connectivity index (χ1) is 13.8. The average Bonchev–Trinajstić information content (AvgIpc) is 2.74. The second-order valence-corrected chi connectivity index (χ2v) is 6.94. The van der Waals surface area contributed by atoms with Crippen LogP contribution in [0.1, 0.15) is 12.8 Å². The Balaban J connectivity index is 1.42. The van der Waals surface area contributed by atoms with Crippen LogP contribution in [0.5, 0.6) is 5.75 Å². The van der Waals surface area contributed by atoms with E-state index in [0.29, 0.717) is 23.3 Å². The number of H-pyrrole nitrogens is 1. The second kappa shape index (κ2) is 8.99. The molecule has 146 valence electrons. The van der Waals surface area contributed by atoms with E-state index in [1.807, 2.05) is 42.5 Å². The summed E-state index contributed by atoms with van der Waals surface area (Å²) in [5.74, 6) is 1.28. The molecule has 0 saturated carbocycles. The molecule has 1 aliphatic heterocycles. The molecule has 1 fully saturated rings. The molecule has 0 aliphatic carbocycles. The number of nitrogens with zero attached hydrogens (tertiary/aromatic N) is 2. The second-order valence-electron chi connectivity index (χ2n) is 6.94. The van der Waals surface area contributed by atoms with Crippen molar-refractivity contribution in [2.24, 2.45) is 0 Å². The first-order valence-electron chi connectivity index (χ1n) is 9.82. The Morgan fingerprint density at radius 2 is 1.82 bits per heavy atom. The van der Waals surface area contributed by atoms with E-state index in [4.69, 9.17) is 9.47 Å². The summed E-state index contributed by atoms with van der Waals surface area (Å²) in [4.78, 5) is 22.3. The lowest BCUT2D eigenvalue weighted by atomic mass is 10.1. The van der Waals surface area contributed by atoms with Crippen molar-refractivity contribution in [2.45, 2.75) is 12.8 Å². The van der Waals surface area contributed by atoms with E-state index < -0.39 is 0 Å². The molecule has 0 bridgehead atoms. The number of para-hydroxylation sites is 2.